The standard InChI is InChI=1S/C8H12N2O/c1-9-7-5-3-4-6-8(7)10(2)11/h3-6,9-10H,1-2H3. The van der Waals surface area contributed by atoms with Crippen molar-refractivity contribution in [1.29, 1.82) is 0 Å². The fourth-order valence-electron chi connectivity index (χ4n) is 1.01. The Kier molecular flexibility index (Phi) is 2.46. The van der Waals surface area contributed by atoms with Gasteiger partial charge in [-0.15, -0.1) is 0 Å². The molecule has 0 saturated carbocycles. The van der Waals surface area contributed by atoms with E-state index in [4.69, 9.17) is 0 Å². The number of hydrogen-bond donors (Lipinski definition) is 2. The molecule has 0 radical (unpaired) electrons. The van der Waals surface area contributed by atoms with Crippen LogP contribution in [0, 0.1) is 5.21 Å². The van der Waals surface area contributed by atoms with Gasteiger partial charge in [-0.3, -0.25) is 0 Å². The maximum absolute atomic E-state index is 11.0. The molecule has 0 fully saturated rings. The molecule has 1 aromatic carbocycles. The monoisotopic (exact) mass is 152 g/mol. The van der Waals surface area contributed by atoms with Crippen LogP contribution in [0.25, 0.3) is 0 Å². The van der Waals surface area contributed by atoms with Crippen LogP contribution in [0.2, 0.25) is 0 Å². The van der Waals surface area contributed by atoms with Crippen molar-refractivity contribution in [1.82, 2.24) is 0 Å². The summed E-state index contributed by atoms with van der Waals surface area (Å²) in [4.78, 5) is 0. The molecule has 0 bridgehead atoms. The normalized spacial score (nSPS) is 12.6. The van der Waals surface area contributed by atoms with Crippen LogP contribution < -0.4 is 10.4 Å². The van der Waals surface area contributed by atoms with Crippen molar-refractivity contribution >= 4 is 11.4 Å². The Morgan fingerprint density at radius 3 is 2.45 bits per heavy atom. The third-order valence-corrected chi connectivity index (χ3v) is 1.58. The molecule has 1 rings (SSSR count). The second-order valence-electron chi connectivity index (χ2n) is 2.35. The summed E-state index contributed by atoms with van der Waals surface area (Å²) in [6, 6.07) is 7.46. The predicted octanol–water partition coefficient (Wildman–Crippen LogP) is 0.372. The van der Waals surface area contributed by atoms with Crippen LogP contribution in [0.3, 0.4) is 0 Å². The van der Waals surface area contributed by atoms with Crippen molar-refractivity contribution in [2.75, 3.05) is 19.4 Å². The molecule has 0 aromatic heterocycles. The zero-order valence-corrected chi connectivity index (χ0v) is 6.72. The quantitative estimate of drug-likeness (QED) is 0.601. The summed E-state index contributed by atoms with van der Waals surface area (Å²) in [7, 11) is 3.37. The Hall–Kier alpha value is -1.06. The first kappa shape index (κ1) is 8.04. The van der Waals surface area contributed by atoms with Crippen LogP contribution >= 0.6 is 0 Å². The van der Waals surface area contributed by atoms with E-state index < -0.39 is 0 Å². The average molecular weight is 152 g/mol. The highest BCUT2D eigenvalue weighted by atomic mass is 16.5. The fourth-order valence-corrected chi connectivity index (χ4v) is 1.01. The molecule has 0 amide bonds. The van der Waals surface area contributed by atoms with Gasteiger partial charge in [0.25, 0.3) is 0 Å². The zero-order valence-electron chi connectivity index (χ0n) is 6.72. The number of quaternary nitrogens is 1. The summed E-state index contributed by atoms with van der Waals surface area (Å²) in [6.45, 7) is 0. The molecule has 0 heterocycles. The molecule has 3 nitrogen and oxygen atoms in total. The third-order valence-electron chi connectivity index (χ3n) is 1.58. The lowest BCUT2D eigenvalue weighted by Crippen LogP contribution is -2.98. The van der Waals surface area contributed by atoms with E-state index in [1.54, 1.807) is 7.05 Å². The molecule has 11 heavy (non-hydrogen) atoms. The molecule has 0 spiro atoms. The van der Waals surface area contributed by atoms with E-state index in [0.29, 0.717) is 0 Å². The SMILES string of the molecule is CNc1ccccc1[NH+](C)[O-]. The van der Waals surface area contributed by atoms with Gasteiger partial charge in [0.15, 0.2) is 5.69 Å². The predicted molar refractivity (Wildman–Crippen MR) is 45.9 cm³/mol. The van der Waals surface area contributed by atoms with Crippen molar-refractivity contribution in [3.63, 3.8) is 0 Å². The zero-order chi connectivity index (χ0) is 8.27. The number of anilines is 1. The second-order valence-corrected chi connectivity index (χ2v) is 2.35. The first-order valence-electron chi connectivity index (χ1n) is 3.53. The van der Waals surface area contributed by atoms with Crippen LogP contribution in [-0.2, 0) is 0 Å². The number of benzene rings is 1. The average Bonchev–Trinajstić information content (AvgIpc) is 2.04. The summed E-state index contributed by atoms with van der Waals surface area (Å²) in [5.41, 5.74) is 1.63. The Morgan fingerprint density at radius 2 is 2.00 bits per heavy atom. The molecule has 0 aliphatic heterocycles. The van der Waals surface area contributed by atoms with E-state index in [0.717, 1.165) is 11.4 Å². The van der Waals surface area contributed by atoms with Gasteiger partial charge in [-0.05, 0) is 6.07 Å². The minimum Gasteiger partial charge on any atom is -0.629 e. The highest BCUT2D eigenvalue weighted by molar-refractivity contribution is 5.60. The van der Waals surface area contributed by atoms with Gasteiger partial charge in [0.2, 0.25) is 0 Å². The summed E-state index contributed by atoms with van der Waals surface area (Å²) in [5, 5.41) is 14.0. The Bertz CT molecular complexity index is 235. The molecule has 0 saturated heterocycles. The van der Waals surface area contributed by atoms with E-state index in [1.165, 1.54) is 0 Å². The van der Waals surface area contributed by atoms with Gasteiger partial charge in [0.05, 0.1) is 12.7 Å². The van der Waals surface area contributed by atoms with Crippen molar-refractivity contribution in [2.24, 2.45) is 0 Å². The van der Waals surface area contributed by atoms with Crippen molar-refractivity contribution in [3.8, 4) is 0 Å². The molecule has 3 heteroatoms. The lowest BCUT2D eigenvalue weighted by atomic mass is 10.2. The first-order chi connectivity index (χ1) is 5.25. The van der Waals surface area contributed by atoms with E-state index in [1.807, 2.05) is 31.3 Å². The number of nitrogens with one attached hydrogen (secondary N) is 2. The Labute approximate surface area is 66.2 Å². The van der Waals surface area contributed by atoms with Gasteiger partial charge in [0.1, 0.15) is 0 Å². The van der Waals surface area contributed by atoms with Gasteiger partial charge < -0.3 is 15.6 Å². The lowest BCUT2D eigenvalue weighted by molar-refractivity contribution is -0.750. The first-order valence-corrected chi connectivity index (χ1v) is 3.53. The van der Waals surface area contributed by atoms with Crippen LogP contribution in [0.1, 0.15) is 0 Å². The molecule has 1 aromatic rings. The van der Waals surface area contributed by atoms with Gasteiger partial charge in [-0.1, -0.05) is 12.1 Å². The number of hydrogen-bond acceptors (Lipinski definition) is 2. The summed E-state index contributed by atoms with van der Waals surface area (Å²) in [6.07, 6.45) is 0. The Morgan fingerprint density at radius 1 is 1.36 bits per heavy atom. The highest BCUT2D eigenvalue weighted by Gasteiger charge is 2.01. The smallest absolute Gasteiger partial charge is 0.154 e. The van der Waals surface area contributed by atoms with Crippen LogP contribution in [-0.4, -0.2) is 14.1 Å². The largest absolute Gasteiger partial charge is 0.629 e. The molecular weight excluding hydrogens is 140 g/mol. The summed E-state index contributed by atoms with van der Waals surface area (Å²) in [5.74, 6) is 0. The number of para-hydroxylation sites is 2. The Balaban J connectivity index is 3.02. The molecule has 60 valence electrons. The van der Waals surface area contributed by atoms with Crippen molar-refractivity contribution < 1.29 is 5.06 Å². The number of hydroxylamine groups is 1. The minimum atomic E-state index is 0.0925. The maximum atomic E-state index is 11.0. The molecule has 0 aliphatic rings. The van der Waals surface area contributed by atoms with Gasteiger partial charge in [-0.2, -0.15) is 0 Å². The molecule has 1 atom stereocenters. The van der Waals surface area contributed by atoms with Gasteiger partial charge >= 0.3 is 0 Å². The summed E-state index contributed by atoms with van der Waals surface area (Å²) >= 11 is 0. The number of rotatable bonds is 2. The molecule has 2 N–H and O–H groups in total. The topological polar surface area (TPSA) is 39.5 Å². The second kappa shape index (κ2) is 3.37. The third kappa shape index (κ3) is 1.69. The highest BCUT2D eigenvalue weighted by Crippen LogP contribution is 2.14. The molecule has 0 aliphatic carbocycles. The van der Waals surface area contributed by atoms with Crippen molar-refractivity contribution in [2.45, 2.75) is 0 Å². The van der Waals surface area contributed by atoms with Crippen LogP contribution in [0.5, 0.6) is 0 Å². The van der Waals surface area contributed by atoms with Crippen molar-refractivity contribution in [3.05, 3.63) is 29.5 Å². The van der Waals surface area contributed by atoms with Gasteiger partial charge in [0, 0.05) is 13.1 Å². The summed E-state index contributed by atoms with van der Waals surface area (Å²) < 4.78 is 0. The van der Waals surface area contributed by atoms with E-state index in [2.05, 4.69) is 5.32 Å². The maximum Gasteiger partial charge on any atom is 0.154 e. The van der Waals surface area contributed by atoms with Gasteiger partial charge in [-0.25, -0.2) is 0 Å². The van der Waals surface area contributed by atoms with E-state index >= 15 is 0 Å². The molecule has 1 unspecified atom stereocenters. The van der Waals surface area contributed by atoms with E-state index in [9.17, 15) is 5.21 Å². The minimum absolute atomic E-state index is 0.0925. The van der Waals surface area contributed by atoms with Crippen LogP contribution in [0.4, 0.5) is 11.4 Å². The van der Waals surface area contributed by atoms with E-state index in [-0.39, 0.29) is 5.06 Å². The lowest BCUT2D eigenvalue weighted by Gasteiger charge is -2.18. The molecular formula is C8H12N2O. The fraction of sp³-hybridized carbons (Fsp3) is 0.250. The van der Waals surface area contributed by atoms with Crippen LogP contribution in [0.15, 0.2) is 24.3 Å².